The van der Waals surface area contributed by atoms with E-state index in [-0.39, 0.29) is 24.7 Å². The summed E-state index contributed by atoms with van der Waals surface area (Å²) in [5.74, 6) is 0. The van der Waals surface area contributed by atoms with Gasteiger partial charge in [-0.05, 0) is 30.5 Å². The van der Waals surface area contributed by atoms with Crippen LogP contribution in [0.25, 0.3) is 0 Å². The van der Waals surface area contributed by atoms with Crippen LogP contribution in [-0.4, -0.2) is 72.6 Å². The average molecular weight is 490 g/mol. The van der Waals surface area contributed by atoms with E-state index in [0.29, 0.717) is 19.6 Å². The maximum atomic E-state index is 11.0. The number of unbranched alkanes of at least 4 members (excludes halogenated alkanes) is 10. The Kier molecular flexibility index (Phi) is 20.8. The van der Waals surface area contributed by atoms with Gasteiger partial charge in [0.15, 0.2) is 0 Å². The van der Waals surface area contributed by atoms with Gasteiger partial charge in [0.25, 0.3) is 10.1 Å². The van der Waals surface area contributed by atoms with Crippen molar-refractivity contribution in [2.75, 3.05) is 39.5 Å². The Balaban J connectivity index is 0.000000861. The van der Waals surface area contributed by atoms with Crippen molar-refractivity contribution in [1.82, 2.24) is 4.90 Å². The lowest BCUT2D eigenvalue weighted by Gasteiger charge is -2.17. The molecule has 0 heterocycles. The van der Waals surface area contributed by atoms with Crippen LogP contribution in [0.15, 0.2) is 29.2 Å². The van der Waals surface area contributed by atoms with Gasteiger partial charge in [-0.2, -0.15) is 8.42 Å². The highest BCUT2D eigenvalue weighted by Crippen LogP contribution is 2.14. The van der Waals surface area contributed by atoms with Crippen LogP contribution in [0.1, 0.15) is 83.1 Å². The molecule has 0 aromatic heterocycles. The van der Waals surface area contributed by atoms with E-state index in [0.717, 1.165) is 18.4 Å². The molecule has 0 spiro atoms. The molecule has 0 fully saturated rings. The van der Waals surface area contributed by atoms with Gasteiger partial charge in [-0.1, -0.05) is 83.3 Å². The third kappa shape index (κ3) is 19.0. The lowest BCUT2D eigenvalue weighted by molar-refractivity contribution is 0.136. The van der Waals surface area contributed by atoms with Crippen molar-refractivity contribution in [3.05, 3.63) is 29.8 Å². The average Bonchev–Trinajstić information content (AvgIpc) is 2.78. The van der Waals surface area contributed by atoms with E-state index >= 15 is 0 Å². The van der Waals surface area contributed by atoms with Crippen molar-refractivity contribution in [3.8, 4) is 0 Å². The number of rotatable bonds is 19. The van der Waals surface area contributed by atoms with E-state index in [1.807, 2.05) is 0 Å². The van der Waals surface area contributed by atoms with E-state index in [4.69, 9.17) is 19.9 Å². The second kappa shape index (κ2) is 21.5. The predicted molar refractivity (Wildman–Crippen MR) is 134 cm³/mol. The zero-order valence-electron chi connectivity index (χ0n) is 20.5. The third-order valence-electron chi connectivity index (χ3n) is 5.54. The monoisotopic (exact) mass is 489 g/mol. The minimum absolute atomic E-state index is 0.0276. The van der Waals surface area contributed by atoms with Crippen LogP contribution >= 0.6 is 0 Å². The van der Waals surface area contributed by atoms with Crippen molar-refractivity contribution >= 4 is 10.1 Å². The normalized spacial score (nSPS) is 11.5. The Bertz CT molecular complexity index is 637. The number of benzene rings is 1. The van der Waals surface area contributed by atoms with Crippen molar-refractivity contribution in [3.63, 3.8) is 0 Å². The summed E-state index contributed by atoms with van der Waals surface area (Å²) in [5, 5.41) is 25.5. The topological polar surface area (TPSA) is 118 Å². The molecule has 0 aliphatic rings. The maximum Gasteiger partial charge on any atom is 0.294 e. The molecule has 8 heteroatoms. The van der Waals surface area contributed by atoms with Gasteiger partial charge in [0.2, 0.25) is 0 Å². The molecule has 194 valence electrons. The Morgan fingerprint density at radius 3 is 1.42 bits per heavy atom. The first-order valence-electron chi connectivity index (χ1n) is 12.5. The third-order valence-corrected chi connectivity index (χ3v) is 6.41. The smallest absolute Gasteiger partial charge is 0.294 e. The molecular formula is C25H47NO6S. The van der Waals surface area contributed by atoms with Crippen LogP contribution in [0.4, 0.5) is 0 Å². The Morgan fingerprint density at radius 1 is 0.667 bits per heavy atom. The van der Waals surface area contributed by atoms with E-state index in [1.54, 1.807) is 17.0 Å². The largest absolute Gasteiger partial charge is 0.395 e. The van der Waals surface area contributed by atoms with Gasteiger partial charge in [0.05, 0.1) is 24.7 Å². The molecule has 0 radical (unpaired) electrons. The zero-order chi connectivity index (χ0) is 24.8. The first-order chi connectivity index (χ1) is 15.9. The first-order valence-corrected chi connectivity index (χ1v) is 13.9. The molecule has 0 bridgehead atoms. The minimum atomic E-state index is -4.07. The second-order valence-corrected chi connectivity index (χ2v) is 9.84. The van der Waals surface area contributed by atoms with Crippen molar-refractivity contribution in [1.29, 1.82) is 0 Å². The summed E-state index contributed by atoms with van der Waals surface area (Å²) in [6.45, 7) is 4.01. The number of hydrogen-bond donors (Lipinski definition) is 4. The quantitative estimate of drug-likeness (QED) is 0.171. The number of nitrogens with zero attached hydrogens (tertiary/aromatic N) is 1. The Morgan fingerprint density at radius 2 is 1.06 bits per heavy atom. The molecule has 1 rings (SSSR count). The molecule has 4 N–H and O–H groups in total. The molecule has 0 saturated carbocycles. The molecule has 0 aliphatic heterocycles. The number of hydrogen-bond acceptors (Lipinski definition) is 6. The van der Waals surface area contributed by atoms with Gasteiger partial charge >= 0.3 is 0 Å². The Labute approximate surface area is 201 Å². The van der Waals surface area contributed by atoms with Crippen molar-refractivity contribution < 1.29 is 28.3 Å². The molecule has 33 heavy (non-hydrogen) atoms. The van der Waals surface area contributed by atoms with Gasteiger partial charge in [-0.3, -0.25) is 9.45 Å². The predicted octanol–water partition coefficient (Wildman–Crippen LogP) is 4.05. The summed E-state index contributed by atoms with van der Waals surface area (Å²) in [4.78, 5) is 1.76. The van der Waals surface area contributed by atoms with Gasteiger partial charge in [-0.15, -0.1) is 0 Å². The molecule has 0 amide bonds. The second-order valence-electron chi connectivity index (χ2n) is 8.42. The van der Waals surface area contributed by atoms with Gasteiger partial charge in [0, 0.05) is 19.6 Å². The molecule has 0 aliphatic carbocycles. The molecular weight excluding hydrogens is 442 g/mol. The summed E-state index contributed by atoms with van der Waals surface area (Å²) in [6.07, 6.45) is 15.6. The highest BCUT2D eigenvalue weighted by Gasteiger charge is 2.08. The van der Waals surface area contributed by atoms with Crippen molar-refractivity contribution in [2.24, 2.45) is 0 Å². The summed E-state index contributed by atoms with van der Waals surface area (Å²) in [7, 11) is -4.07. The van der Waals surface area contributed by atoms with E-state index in [9.17, 15) is 8.42 Å². The summed E-state index contributed by atoms with van der Waals surface area (Å²) >= 11 is 0. The van der Waals surface area contributed by atoms with Crippen LogP contribution in [0.3, 0.4) is 0 Å². The van der Waals surface area contributed by atoms with E-state index < -0.39 is 10.1 Å². The van der Waals surface area contributed by atoms with Crippen LogP contribution in [0.5, 0.6) is 0 Å². The maximum absolute atomic E-state index is 11.0. The van der Waals surface area contributed by atoms with Crippen LogP contribution in [-0.2, 0) is 16.5 Å². The summed E-state index contributed by atoms with van der Waals surface area (Å²) in [6, 6.07) is 6.53. The molecule has 0 saturated heterocycles. The first kappa shape index (κ1) is 32.0. The zero-order valence-corrected chi connectivity index (χ0v) is 21.3. The van der Waals surface area contributed by atoms with Crippen LogP contribution < -0.4 is 0 Å². The van der Waals surface area contributed by atoms with Crippen LogP contribution in [0, 0.1) is 0 Å². The van der Waals surface area contributed by atoms with Gasteiger partial charge in [-0.25, -0.2) is 0 Å². The SMILES string of the molecule is CCCCCCCCCCCCCc1ccc(S(=O)(=O)O)cc1.OCCN(CCO)CCO. The number of aliphatic hydroxyl groups excluding tert-OH is 3. The van der Waals surface area contributed by atoms with E-state index in [2.05, 4.69) is 6.92 Å². The fourth-order valence-corrected chi connectivity index (χ4v) is 4.06. The molecule has 1 aromatic carbocycles. The summed E-state index contributed by atoms with van der Waals surface area (Å²) in [5.41, 5.74) is 1.13. The molecule has 0 atom stereocenters. The summed E-state index contributed by atoms with van der Waals surface area (Å²) < 4.78 is 30.8. The fraction of sp³-hybridized carbons (Fsp3) is 0.760. The van der Waals surface area contributed by atoms with Crippen LogP contribution in [0.2, 0.25) is 0 Å². The lowest BCUT2D eigenvalue weighted by atomic mass is 10.0. The highest BCUT2D eigenvalue weighted by atomic mass is 32.2. The van der Waals surface area contributed by atoms with E-state index in [1.165, 1.54) is 76.3 Å². The fourth-order valence-electron chi connectivity index (χ4n) is 3.58. The molecule has 1 aromatic rings. The molecule has 0 unspecified atom stereocenters. The highest BCUT2D eigenvalue weighted by molar-refractivity contribution is 7.85. The van der Waals surface area contributed by atoms with Gasteiger partial charge < -0.3 is 15.3 Å². The minimum Gasteiger partial charge on any atom is -0.395 e. The number of aliphatic hydroxyl groups is 3. The van der Waals surface area contributed by atoms with Gasteiger partial charge in [0.1, 0.15) is 0 Å². The standard InChI is InChI=1S/C19H32O3S.C6H15NO3/c1-2-3-4-5-6-7-8-9-10-11-12-13-18-14-16-19(17-15-18)23(20,21)22;8-4-1-7(2-5-9)3-6-10/h14-17H,2-13H2,1H3,(H,20,21,22);8-10H,1-6H2. The Hall–Kier alpha value is -1.03. The molecule has 7 nitrogen and oxygen atoms in total. The number of aryl methyl sites for hydroxylation is 1. The van der Waals surface area contributed by atoms with Crippen molar-refractivity contribution in [2.45, 2.75) is 88.9 Å². The lowest BCUT2D eigenvalue weighted by Crippen LogP contribution is -2.32.